The lowest BCUT2D eigenvalue weighted by molar-refractivity contribution is 0.117. The van der Waals surface area contributed by atoms with Crippen LogP contribution in [0.2, 0.25) is 0 Å². The van der Waals surface area contributed by atoms with Crippen molar-refractivity contribution in [3.8, 4) is 6.07 Å². The van der Waals surface area contributed by atoms with Gasteiger partial charge in [0.25, 0.3) is 5.56 Å². The van der Waals surface area contributed by atoms with Crippen LogP contribution in [0.4, 0.5) is 10.1 Å². The maximum Gasteiger partial charge on any atom is 0.252 e. The maximum atomic E-state index is 15.0. The lowest BCUT2D eigenvalue weighted by atomic mass is 9.98. The number of anilines is 1. The molecule has 3 atom stereocenters. The van der Waals surface area contributed by atoms with Crippen molar-refractivity contribution in [3.05, 3.63) is 69.4 Å². The van der Waals surface area contributed by atoms with Gasteiger partial charge in [-0.15, -0.1) is 0 Å². The molecule has 176 valence electrons. The van der Waals surface area contributed by atoms with Gasteiger partial charge in [0.15, 0.2) is 0 Å². The van der Waals surface area contributed by atoms with E-state index in [1.807, 2.05) is 6.07 Å². The number of piperazine rings is 1. The highest BCUT2D eigenvalue weighted by atomic mass is 19.1. The van der Waals surface area contributed by atoms with Gasteiger partial charge in [0.2, 0.25) is 0 Å². The molecule has 1 aliphatic heterocycles. The average Bonchev–Trinajstić information content (AvgIpc) is 3.67. The van der Waals surface area contributed by atoms with Gasteiger partial charge in [-0.1, -0.05) is 12.1 Å². The van der Waals surface area contributed by atoms with Crippen LogP contribution in [0.15, 0.2) is 41.2 Å². The van der Waals surface area contributed by atoms with E-state index in [1.165, 1.54) is 0 Å². The Balaban J connectivity index is 1.45. The van der Waals surface area contributed by atoms with Crippen molar-refractivity contribution in [2.75, 3.05) is 18.0 Å². The second-order valence-electron chi connectivity index (χ2n) is 9.88. The molecule has 3 aromatic rings. The summed E-state index contributed by atoms with van der Waals surface area (Å²) in [4.78, 5) is 21.8. The van der Waals surface area contributed by atoms with E-state index >= 15 is 4.39 Å². The lowest BCUT2D eigenvalue weighted by Crippen LogP contribution is -2.57. The van der Waals surface area contributed by atoms with E-state index in [9.17, 15) is 10.1 Å². The Morgan fingerprint density at radius 1 is 1.12 bits per heavy atom. The summed E-state index contributed by atoms with van der Waals surface area (Å²) in [6.45, 7) is 7.73. The predicted molar refractivity (Wildman–Crippen MR) is 131 cm³/mol. The Labute approximate surface area is 199 Å². The van der Waals surface area contributed by atoms with Gasteiger partial charge in [0, 0.05) is 49.9 Å². The summed E-state index contributed by atoms with van der Waals surface area (Å²) >= 11 is 0. The van der Waals surface area contributed by atoms with Gasteiger partial charge in [-0.3, -0.25) is 9.69 Å². The molecular weight excluding hydrogens is 429 g/mol. The van der Waals surface area contributed by atoms with Gasteiger partial charge in [0.05, 0.1) is 11.2 Å². The fraction of sp³-hybridized carbons (Fsp3) is 0.444. The Kier molecular flexibility index (Phi) is 5.65. The summed E-state index contributed by atoms with van der Waals surface area (Å²) in [6, 6.07) is 13.1. The molecule has 3 heterocycles. The molecule has 0 radical (unpaired) electrons. The summed E-state index contributed by atoms with van der Waals surface area (Å²) in [7, 11) is 1.72. The summed E-state index contributed by atoms with van der Waals surface area (Å²) in [6.07, 6.45) is 2.32. The third-order valence-corrected chi connectivity index (χ3v) is 7.55. The molecule has 6 nitrogen and oxygen atoms in total. The third-order valence-electron chi connectivity index (χ3n) is 7.55. The molecule has 1 unspecified atom stereocenters. The number of hydrogen-bond acceptors (Lipinski definition) is 5. The zero-order valence-corrected chi connectivity index (χ0v) is 20.1. The van der Waals surface area contributed by atoms with E-state index in [2.05, 4.69) is 47.7 Å². The molecule has 1 aromatic carbocycles. The molecule has 34 heavy (non-hydrogen) atoms. The summed E-state index contributed by atoms with van der Waals surface area (Å²) in [5.74, 6) is 0.412. The van der Waals surface area contributed by atoms with Gasteiger partial charge >= 0.3 is 0 Å². The molecule has 2 aromatic heterocycles. The minimum atomic E-state index is -0.120. The van der Waals surface area contributed by atoms with Crippen LogP contribution < -0.4 is 10.5 Å². The molecular formula is C27H30FN5O. The monoisotopic (exact) mass is 459 g/mol. The fourth-order valence-electron chi connectivity index (χ4n) is 5.35. The van der Waals surface area contributed by atoms with E-state index in [-0.39, 0.29) is 29.5 Å². The number of nitrogens with zero attached hydrogens (tertiary/aromatic N) is 5. The number of fused-ring (bicyclic) bond motifs is 1. The van der Waals surface area contributed by atoms with Crippen molar-refractivity contribution in [3.63, 3.8) is 0 Å². The second kappa shape index (κ2) is 8.52. The van der Waals surface area contributed by atoms with Gasteiger partial charge in [-0.05, 0) is 63.3 Å². The van der Waals surface area contributed by atoms with Crippen LogP contribution in [-0.2, 0) is 7.05 Å². The fourth-order valence-corrected chi connectivity index (χ4v) is 5.35. The number of halogens is 1. The minimum Gasteiger partial charge on any atom is -0.364 e. The van der Waals surface area contributed by atoms with Crippen LogP contribution in [0.5, 0.6) is 0 Å². The average molecular weight is 460 g/mol. The molecule has 0 amide bonds. The zero-order chi connectivity index (χ0) is 24.1. The molecule has 2 aliphatic rings. The van der Waals surface area contributed by atoms with Crippen LogP contribution in [0.3, 0.4) is 0 Å². The first-order chi connectivity index (χ1) is 16.3. The lowest BCUT2D eigenvalue weighted by Gasteiger charge is -2.47. The normalized spacial score (nSPS) is 22.1. The van der Waals surface area contributed by atoms with Gasteiger partial charge in [0.1, 0.15) is 23.1 Å². The van der Waals surface area contributed by atoms with Crippen molar-refractivity contribution in [1.29, 1.82) is 5.26 Å². The highest BCUT2D eigenvalue weighted by Crippen LogP contribution is 2.41. The van der Waals surface area contributed by atoms with Crippen LogP contribution >= 0.6 is 0 Å². The first-order valence-electron chi connectivity index (χ1n) is 12.0. The molecule has 7 heteroatoms. The first-order valence-corrected chi connectivity index (χ1v) is 12.0. The summed E-state index contributed by atoms with van der Waals surface area (Å²) in [5, 5.41) is 9.36. The van der Waals surface area contributed by atoms with Gasteiger partial charge < -0.3 is 9.47 Å². The highest BCUT2D eigenvalue weighted by molar-refractivity contribution is 5.89. The maximum absolute atomic E-state index is 15.0. The largest absolute Gasteiger partial charge is 0.364 e. The van der Waals surface area contributed by atoms with Crippen LogP contribution in [-0.4, -0.2) is 39.6 Å². The number of aromatic nitrogens is 2. The molecule has 0 spiro atoms. The SMILES string of the molecule is CC(c1ccc(C2CC2)cc1F)N1C[C@H](C)N(c2cc(=O)n(C)c3ccc(C#N)nc23)C[C@H]1C. The Morgan fingerprint density at radius 3 is 2.56 bits per heavy atom. The summed E-state index contributed by atoms with van der Waals surface area (Å²) < 4.78 is 16.6. The highest BCUT2D eigenvalue weighted by Gasteiger charge is 2.35. The Bertz CT molecular complexity index is 1360. The van der Waals surface area contributed by atoms with E-state index in [0.29, 0.717) is 29.2 Å². The molecule has 0 N–H and O–H groups in total. The topological polar surface area (TPSA) is 65.2 Å². The second-order valence-corrected chi connectivity index (χ2v) is 9.88. The van der Waals surface area contributed by atoms with E-state index in [1.54, 1.807) is 35.9 Å². The first kappa shape index (κ1) is 22.5. The van der Waals surface area contributed by atoms with Crippen molar-refractivity contribution < 1.29 is 4.39 Å². The number of aryl methyl sites for hydroxylation is 1. The van der Waals surface area contributed by atoms with Crippen molar-refractivity contribution in [1.82, 2.24) is 14.5 Å². The molecule has 0 bridgehead atoms. The third kappa shape index (κ3) is 3.86. The number of rotatable bonds is 4. The number of benzene rings is 1. The molecule has 5 rings (SSSR count). The molecule has 1 saturated heterocycles. The van der Waals surface area contributed by atoms with E-state index in [0.717, 1.165) is 36.2 Å². The molecule has 1 saturated carbocycles. The summed E-state index contributed by atoms with van der Waals surface area (Å²) in [5.41, 5.74) is 4.17. The van der Waals surface area contributed by atoms with Crippen molar-refractivity contribution >= 4 is 16.7 Å². The zero-order valence-electron chi connectivity index (χ0n) is 20.1. The van der Waals surface area contributed by atoms with E-state index in [4.69, 9.17) is 0 Å². The minimum absolute atomic E-state index is 0.0587. The predicted octanol–water partition coefficient (Wildman–Crippen LogP) is 4.48. The van der Waals surface area contributed by atoms with Gasteiger partial charge in [-0.25, -0.2) is 9.37 Å². The van der Waals surface area contributed by atoms with Crippen LogP contribution in [0.1, 0.15) is 62.4 Å². The number of hydrogen-bond donors (Lipinski definition) is 0. The molecule has 1 aliphatic carbocycles. The Hall–Kier alpha value is -3.24. The van der Waals surface area contributed by atoms with Crippen LogP contribution in [0, 0.1) is 17.1 Å². The smallest absolute Gasteiger partial charge is 0.252 e. The van der Waals surface area contributed by atoms with Crippen molar-refractivity contribution in [2.24, 2.45) is 7.05 Å². The van der Waals surface area contributed by atoms with E-state index < -0.39 is 0 Å². The van der Waals surface area contributed by atoms with Gasteiger partial charge in [-0.2, -0.15) is 5.26 Å². The number of nitriles is 1. The number of pyridine rings is 2. The van der Waals surface area contributed by atoms with Crippen molar-refractivity contribution in [2.45, 2.75) is 57.7 Å². The van der Waals surface area contributed by atoms with Crippen LogP contribution in [0.25, 0.3) is 11.0 Å². The Morgan fingerprint density at radius 2 is 1.88 bits per heavy atom. The molecule has 2 fully saturated rings. The quantitative estimate of drug-likeness (QED) is 0.576. The standard InChI is InChI=1S/C27H30FN5O/c1-16-15-33(25-12-26(34)31(4)24-10-8-21(13-29)30-27(24)25)17(2)14-32(16)18(3)22-9-7-20(11-23(22)28)19-5-6-19/h7-12,16-19H,5-6,14-15H2,1-4H3/t16-,17+,18?/m1/s1.